The van der Waals surface area contributed by atoms with Gasteiger partial charge in [0.2, 0.25) is 106 Å². The Balaban J connectivity index is 2.61. The van der Waals surface area contributed by atoms with E-state index in [1.807, 2.05) is 21.3 Å². The largest absolute Gasteiger partial charge is 0.481 e. The number of carboxylic acid groups (broad SMARTS) is 9. The highest BCUT2D eigenvalue weighted by atomic mass is 32.2. The lowest BCUT2D eigenvalue weighted by atomic mass is 10.0. The van der Waals surface area contributed by atoms with E-state index in [1.54, 1.807) is 30.5 Å². The second-order valence-electron chi connectivity index (χ2n) is 34.5. The molecule has 149 heavy (non-hydrogen) atoms. The first kappa shape index (κ1) is 130. The fourth-order valence-electron chi connectivity index (χ4n) is 14.0. The summed E-state index contributed by atoms with van der Waals surface area (Å²) < 4.78 is 0. The molecule has 0 saturated heterocycles. The molecule has 17 atom stereocenters. The Bertz CT molecular complexity index is 5030. The van der Waals surface area contributed by atoms with Crippen LogP contribution in [0.5, 0.6) is 0 Å². The second kappa shape index (κ2) is 68.4. The standard InChI is InChI=1S/C88H134N22O37S2/c1-41(2)32-55(82(140)102-52(20-25-68(122)123)78(136)107-57(34-62(92)112)83(141)106-56(33-43-38-93-46-14-7-6-12-44(43)46)81(139)95-42(3)72(130)94-39-63(113)96-61(40-111)87(145)104-54(88(146)147)27-31-149-5)105-77(135)50(18-23-66(118)119)99-74(132)47(15-9-11-29-90)98-80(138)53(26-30-148-4)103-84(142)58(35-69(124)125)109-86(144)60(37-71(128)129)110-85(143)59(36-70(126)127)108-79(137)51(19-24-67(120)121)101-76(134)49(17-22-65(116)117)100-75(133)48(16-21-64(114)115)97-73(131)45(91)13-8-10-28-89/h6-7,12,14,38,41-42,45,47-61,93,111H,8-11,13,15-37,39-40,89-91H2,1-5H3,(H2,92,112)(H,94,130)(H,95,139)(H,96,113)(H,97,131)(H,98,138)(H,99,132)(H,100,133)(H,101,134)(H,102,140)(H,103,142)(H,104,145)(H,105,135)(H,106,141)(H,107,136)(H,108,137)(H,109,144)(H,110,143)(H,114,115)(H,116,117)(H,118,119)(H,120,121)(H,122,123)(H,124,125)(H,126,127)(H,128,129)(H,146,147)/t42-,45-,47-,48-,49-,50-,51-,52-,53-,54-,55-,56-,57-,58-,59-,60-,61-/m0/s1. The minimum Gasteiger partial charge on any atom is -0.481 e. The molecular weight excluding hydrogens is 2020 g/mol. The molecule has 0 aliphatic rings. The predicted octanol–water partition coefficient (Wildman–Crippen LogP) is -9.56. The molecule has 1 heterocycles. The number of nitrogens with one attached hydrogen (secondary N) is 18. The Morgan fingerprint density at radius 2 is 0.631 bits per heavy atom. The molecule has 0 aliphatic heterocycles. The number of aliphatic carboxylic acids is 9. The van der Waals surface area contributed by atoms with E-state index in [4.69, 9.17) is 22.9 Å². The Hall–Kier alpha value is -15.0. The molecule has 61 heteroatoms. The number of benzene rings is 1. The van der Waals surface area contributed by atoms with Crippen molar-refractivity contribution in [3.63, 3.8) is 0 Å². The minimum absolute atomic E-state index is 0.0108. The number of thioether (sulfide) groups is 2. The number of hydrogen-bond donors (Lipinski definition) is 32. The Morgan fingerprint density at radius 3 is 0.980 bits per heavy atom. The molecule has 1 aromatic heterocycles. The summed E-state index contributed by atoms with van der Waals surface area (Å²) in [5.74, 6) is -39.1. The molecule has 2 rings (SSSR count). The fraction of sp³-hybridized carbons (Fsp3) is 0.602. The molecule has 0 radical (unpaired) electrons. The average molecular weight is 2160 g/mol. The van der Waals surface area contributed by atoms with Crippen LogP contribution in [0.15, 0.2) is 30.5 Å². The van der Waals surface area contributed by atoms with Crippen molar-refractivity contribution >= 4 is 194 Å². The van der Waals surface area contributed by atoms with E-state index in [9.17, 15) is 181 Å². The topological polar surface area (TPSA) is 988 Å². The smallest absolute Gasteiger partial charge is 0.326 e. The summed E-state index contributed by atoms with van der Waals surface area (Å²) in [4.78, 5) is 363. The SMILES string of the molecule is CSCC[C@H](NC(=O)[C@H](CO)NC(=O)CNC(=O)[C@H](C)NC(=O)[C@H](Cc1c[nH]c2ccccc12)NC(=O)[C@H](CC(N)=O)NC(=O)[C@H](CCC(=O)O)NC(=O)[C@H](CC(C)C)NC(=O)[C@H](CCC(=O)O)NC(=O)[C@H](CCCCN)NC(=O)[C@H](CCSC)NC(=O)[C@H](CC(=O)O)NC(=O)[C@H](CC(=O)O)NC(=O)[C@H](CC(=O)O)NC(=O)[C@H](CCC(=O)O)NC(=O)[C@H](CCC(=O)O)NC(=O)[C@H](CCC(=O)O)NC(=O)[C@@H](N)CCCCN)C(=O)O. The van der Waals surface area contributed by atoms with Gasteiger partial charge in [-0.1, -0.05) is 38.5 Å². The number of aliphatic hydroxyl groups excluding tert-OH is 1. The van der Waals surface area contributed by atoms with Crippen molar-refractivity contribution in [2.24, 2.45) is 28.9 Å². The average Bonchev–Trinajstić information content (AvgIpc) is 1.71. The van der Waals surface area contributed by atoms with E-state index in [0.29, 0.717) is 35.1 Å². The molecule has 0 spiro atoms. The van der Waals surface area contributed by atoms with Gasteiger partial charge < -0.3 is 169 Å². The van der Waals surface area contributed by atoms with Crippen molar-refractivity contribution in [2.75, 3.05) is 50.3 Å². The molecule has 36 N–H and O–H groups in total. The molecule has 0 aliphatic carbocycles. The lowest BCUT2D eigenvalue weighted by Gasteiger charge is -2.28. The number of aromatic nitrogens is 1. The number of H-pyrrole nitrogens is 1. The molecule has 0 saturated carbocycles. The van der Waals surface area contributed by atoms with Gasteiger partial charge in [0, 0.05) is 55.6 Å². The first-order chi connectivity index (χ1) is 70.1. The summed E-state index contributed by atoms with van der Waals surface area (Å²) in [7, 11) is 0. The molecule has 59 nitrogen and oxygen atoms in total. The first-order valence-corrected chi connectivity index (χ1v) is 49.6. The van der Waals surface area contributed by atoms with Crippen LogP contribution in [0.4, 0.5) is 0 Å². The minimum atomic E-state index is -2.49. The number of hydrogen-bond acceptors (Lipinski definition) is 33. The zero-order valence-corrected chi connectivity index (χ0v) is 83.7. The zero-order valence-electron chi connectivity index (χ0n) is 82.1. The van der Waals surface area contributed by atoms with Crippen molar-refractivity contribution in [2.45, 2.75) is 278 Å². The van der Waals surface area contributed by atoms with Crippen LogP contribution in [-0.4, -0.2) is 369 Å². The third kappa shape index (κ3) is 51.3. The van der Waals surface area contributed by atoms with Crippen molar-refractivity contribution < 1.29 is 181 Å². The van der Waals surface area contributed by atoms with Crippen LogP contribution in [0.3, 0.4) is 0 Å². The van der Waals surface area contributed by atoms with Crippen molar-refractivity contribution in [3.05, 3.63) is 36.0 Å². The summed E-state index contributed by atoms with van der Waals surface area (Å²) in [6.07, 6.45) is -10.0. The van der Waals surface area contributed by atoms with Gasteiger partial charge >= 0.3 is 53.7 Å². The van der Waals surface area contributed by atoms with Crippen molar-refractivity contribution in [1.29, 1.82) is 0 Å². The highest BCUT2D eigenvalue weighted by molar-refractivity contribution is 7.98. The van der Waals surface area contributed by atoms with E-state index in [1.165, 1.54) is 38.1 Å². The number of primary amides is 1. The number of fused-ring (bicyclic) bond motifs is 1. The summed E-state index contributed by atoms with van der Waals surface area (Å²) >= 11 is 2.34. The van der Waals surface area contributed by atoms with E-state index in [-0.39, 0.29) is 57.4 Å². The van der Waals surface area contributed by atoms with Gasteiger partial charge in [-0.25, -0.2) is 4.79 Å². The Morgan fingerprint density at radius 1 is 0.329 bits per heavy atom. The van der Waals surface area contributed by atoms with Crippen molar-refractivity contribution in [1.82, 2.24) is 95.4 Å². The molecule has 0 unspecified atom stereocenters. The monoisotopic (exact) mass is 2150 g/mol. The highest BCUT2D eigenvalue weighted by Gasteiger charge is 2.42. The maximum atomic E-state index is 14.7. The number of aromatic amines is 1. The molecule has 0 bridgehead atoms. The van der Waals surface area contributed by atoms with E-state index >= 15 is 0 Å². The maximum absolute atomic E-state index is 14.7. The van der Waals surface area contributed by atoms with Crippen LogP contribution in [0.25, 0.3) is 10.9 Å². The highest BCUT2D eigenvalue weighted by Crippen LogP contribution is 2.21. The third-order valence-electron chi connectivity index (χ3n) is 21.9. The second-order valence-corrected chi connectivity index (χ2v) is 36.5. The van der Waals surface area contributed by atoms with Crippen LogP contribution >= 0.6 is 23.5 Å². The van der Waals surface area contributed by atoms with Crippen LogP contribution in [0.2, 0.25) is 0 Å². The van der Waals surface area contributed by atoms with Gasteiger partial charge in [0.15, 0.2) is 0 Å². The van der Waals surface area contributed by atoms with Gasteiger partial charge in [0.1, 0.15) is 96.7 Å². The van der Waals surface area contributed by atoms with Gasteiger partial charge in [-0.15, -0.1) is 0 Å². The number of carbonyl (C=O) groups excluding carboxylic acids is 18. The molecule has 830 valence electrons. The van der Waals surface area contributed by atoms with Crippen LogP contribution < -0.4 is 113 Å². The molecule has 0 fully saturated rings. The lowest BCUT2D eigenvalue weighted by Crippen LogP contribution is -2.61. The van der Waals surface area contributed by atoms with Gasteiger partial charge in [-0.05, 0) is 145 Å². The summed E-state index contributed by atoms with van der Waals surface area (Å²) in [6, 6.07) is -25.9. The first-order valence-electron chi connectivity index (χ1n) is 46.8. The third-order valence-corrected chi connectivity index (χ3v) is 23.2. The maximum Gasteiger partial charge on any atom is 0.326 e. The molecular formula is C88H134N22O37S2. The van der Waals surface area contributed by atoms with Gasteiger partial charge in [-0.3, -0.25) is 125 Å². The van der Waals surface area contributed by atoms with Crippen LogP contribution in [-0.2, 0) is 136 Å². The number of amides is 18. The summed E-state index contributed by atoms with van der Waals surface area (Å²) in [6.45, 7) is 2.54. The number of nitrogens with two attached hydrogens (primary N) is 4. The number of unbranched alkanes of at least 4 members (excludes halogenated alkanes) is 2. The van der Waals surface area contributed by atoms with Gasteiger partial charge in [0.05, 0.1) is 44.9 Å². The van der Waals surface area contributed by atoms with Crippen molar-refractivity contribution in [3.8, 4) is 0 Å². The fourth-order valence-corrected chi connectivity index (χ4v) is 15.0. The van der Waals surface area contributed by atoms with Gasteiger partial charge in [-0.2, -0.15) is 23.5 Å². The quantitative estimate of drug-likeness (QED) is 0.0274. The molecule has 18 amide bonds. The predicted molar refractivity (Wildman–Crippen MR) is 520 cm³/mol. The normalized spacial score (nSPS) is 14.5. The Kier molecular flexibility index (Phi) is 59.7. The van der Waals surface area contributed by atoms with E-state index < -0.39 is 385 Å². The van der Waals surface area contributed by atoms with E-state index in [2.05, 4.69) is 74.1 Å². The lowest BCUT2D eigenvalue weighted by molar-refractivity contribution is -0.144. The Labute approximate surface area is 859 Å². The number of carbonyl (C=O) groups is 27. The number of aliphatic hydroxyl groups is 1. The summed E-state index contributed by atoms with van der Waals surface area (Å²) in [5.41, 5.74) is 23.7. The molecule has 2 aromatic rings. The number of rotatable bonds is 77. The van der Waals surface area contributed by atoms with Crippen LogP contribution in [0, 0.1) is 5.92 Å². The zero-order chi connectivity index (χ0) is 113. The molecule has 1 aromatic carbocycles. The number of carboxylic acids is 9. The van der Waals surface area contributed by atoms with E-state index in [0.717, 1.165) is 18.7 Å². The van der Waals surface area contributed by atoms with Gasteiger partial charge in [0.25, 0.3) is 0 Å². The van der Waals surface area contributed by atoms with Crippen LogP contribution in [0.1, 0.15) is 174 Å². The summed E-state index contributed by atoms with van der Waals surface area (Å²) in [5, 5.41) is 136. The number of para-hydroxylation sites is 1.